The second-order valence-electron chi connectivity index (χ2n) is 4.82. The van der Waals surface area contributed by atoms with Gasteiger partial charge in [-0.1, -0.05) is 18.0 Å². The molecule has 3 N–H and O–H groups in total. The molecule has 0 bridgehead atoms. The maximum Gasteiger partial charge on any atom is 0.153 e. The van der Waals surface area contributed by atoms with E-state index in [1.807, 2.05) is 0 Å². The largest absolute Gasteiger partial charge is 0.409 e. The summed E-state index contributed by atoms with van der Waals surface area (Å²) in [6, 6.07) is 0.688. The molecule has 15 heavy (non-hydrogen) atoms. The van der Waals surface area contributed by atoms with E-state index in [1.54, 1.807) is 0 Å². The van der Waals surface area contributed by atoms with Gasteiger partial charge in [0, 0.05) is 6.04 Å². The van der Waals surface area contributed by atoms with Crippen molar-refractivity contribution >= 4 is 5.84 Å². The summed E-state index contributed by atoms with van der Waals surface area (Å²) in [5.41, 5.74) is 5.57. The lowest BCUT2D eigenvalue weighted by Gasteiger charge is -2.28. The number of nitrogens with two attached hydrogens (primary N) is 1. The number of oxime groups is 1. The summed E-state index contributed by atoms with van der Waals surface area (Å²) in [6.45, 7) is 1.75. The molecule has 1 saturated carbocycles. The highest BCUT2D eigenvalue weighted by molar-refractivity contribution is 5.81. The van der Waals surface area contributed by atoms with E-state index < -0.39 is 0 Å². The molecule has 0 aromatic carbocycles. The van der Waals surface area contributed by atoms with Crippen LogP contribution in [-0.4, -0.2) is 35.1 Å². The summed E-state index contributed by atoms with van der Waals surface area (Å²) < 4.78 is 0. The lowest BCUT2D eigenvalue weighted by atomic mass is 9.96. The van der Waals surface area contributed by atoms with E-state index in [0.29, 0.717) is 18.4 Å². The molecule has 0 spiro atoms. The third-order valence-corrected chi connectivity index (χ3v) is 3.85. The van der Waals surface area contributed by atoms with Gasteiger partial charge in [0.15, 0.2) is 5.84 Å². The third kappa shape index (κ3) is 2.43. The zero-order valence-corrected chi connectivity index (χ0v) is 9.23. The van der Waals surface area contributed by atoms with Crippen molar-refractivity contribution < 1.29 is 5.21 Å². The Morgan fingerprint density at radius 2 is 2.00 bits per heavy atom. The van der Waals surface area contributed by atoms with Gasteiger partial charge in [-0.25, -0.2) is 0 Å². The van der Waals surface area contributed by atoms with Crippen LogP contribution in [0.15, 0.2) is 5.16 Å². The first-order chi connectivity index (χ1) is 7.31. The van der Waals surface area contributed by atoms with Gasteiger partial charge in [-0.05, 0) is 38.1 Å². The number of hydrogen-bond donors (Lipinski definition) is 2. The Balaban J connectivity index is 1.92. The number of likely N-dealkylation sites (tertiary alicyclic amines) is 1. The second-order valence-corrected chi connectivity index (χ2v) is 4.82. The number of rotatable bonds is 3. The molecule has 2 fully saturated rings. The highest BCUT2D eigenvalue weighted by Crippen LogP contribution is 2.35. The van der Waals surface area contributed by atoms with Crippen molar-refractivity contribution in [1.29, 1.82) is 0 Å². The molecule has 2 aliphatic rings. The molecule has 1 atom stereocenters. The first kappa shape index (κ1) is 10.7. The van der Waals surface area contributed by atoms with Gasteiger partial charge in [-0.3, -0.25) is 4.90 Å². The van der Waals surface area contributed by atoms with Gasteiger partial charge in [-0.15, -0.1) is 0 Å². The van der Waals surface area contributed by atoms with Crippen molar-refractivity contribution in [1.82, 2.24) is 4.90 Å². The van der Waals surface area contributed by atoms with E-state index in [9.17, 15) is 0 Å². The molecule has 0 amide bonds. The van der Waals surface area contributed by atoms with E-state index >= 15 is 0 Å². The second kappa shape index (κ2) is 4.84. The Bertz CT molecular complexity index is 236. The molecule has 0 radical (unpaired) electrons. The number of amidine groups is 1. The molecule has 1 aliphatic heterocycles. The summed E-state index contributed by atoms with van der Waals surface area (Å²) in [4.78, 5) is 2.39. The minimum absolute atomic E-state index is 0.347. The topological polar surface area (TPSA) is 61.8 Å². The van der Waals surface area contributed by atoms with Crippen LogP contribution in [0, 0.1) is 5.92 Å². The van der Waals surface area contributed by atoms with E-state index in [4.69, 9.17) is 10.9 Å². The van der Waals surface area contributed by atoms with E-state index in [1.165, 1.54) is 38.5 Å². The molecule has 2 rings (SSSR count). The van der Waals surface area contributed by atoms with Gasteiger partial charge in [0.2, 0.25) is 0 Å². The van der Waals surface area contributed by atoms with Gasteiger partial charge in [-0.2, -0.15) is 0 Å². The Morgan fingerprint density at radius 1 is 1.27 bits per heavy atom. The fourth-order valence-electron chi connectivity index (χ4n) is 3.16. The zero-order valence-electron chi connectivity index (χ0n) is 9.23. The molecule has 4 heteroatoms. The van der Waals surface area contributed by atoms with Crippen molar-refractivity contribution in [2.45, 2.75) is 44.6 Å². The van der Waals surface area contributed by atoms with Crippen LogP contribution in [0.25, 0.3) is 0 Å². The van der Waals surface area contributed by atoms with Crippen LogP contribution in [0.2, 0.25) is 0 Å². The summed E-state index contributed by atoms with van der Waals surface area (Å²) in [5.74, 6) is 1.21. The van der Waals surface area contributed by atoms with Crippen LogP contribution < -0.4 is 5.73 Å². The highest BCUT2D eigenvalue weighted by Gasteiger charge is 2.33. The number of hydrogen-bond acceptors (Lipinski definition) is 3. The highest BCUT2D eigenvalue weighted by atomic mass is 16.4. The molecule has 4 nitrogen and oxygen atoms in total. The standard InChI is InChI=1S/C11H21N3O/c12-11(13-15)8-14-7-3-6-10(14)9-4-1-2-5-9/h9-10,15H,1-8H2,(H2,12,13). The van der Waals surface area contributed by atoms with Crippen LogP contribution in [0.5, 0.6) is 0 Å². The van der Waals surface area contributed by atoms with Crippen molar-refractivity contribution in [2.75, 3.05) is 13.1 Å². The predicted molar refractivity (Wildman–Crippen MR) is 60.0 cm³/mol. The van der Waals surface area contributed by atoms with Gasteiger partial charge >= 0.3 is 0 Å². The van der Waals surface area contributed by atoms with E-state index in [-0.39, 0.29) is 0 Å². The lowest BCUT2D eigenvalue weighted by molar-refractivity contribution is 0.211. The lowest BCUT2D eigenvalue weighted by Crippen LogP contribution is -2.40. The Kier molecular flexibility index (Phi) is 3.46. The van der Waals surface area contributed by atoms with Crippen LogP contribution >= 0.6 is 0 Å². The molecule has 1 heterocycles. The minimum atomic E-state index is 0.347. The first-order valence-electron chi connectivity index (χ1n) is 6.01. The van der Waals surface area contributed by atoms with E-state index in [0.717, 1.165) is 12.5 Å². The average Bonchev–Trinajstić information content (AvgIpc) is 2.86. The number of nitrogens with zero attached hydrogens (tertiary/aromatic N) is 2. The fourth-order valence-corrected chi connectivity index (χ4v) is 3.16. The van der Waals surface area contributed by atoms with Crippen molar-refractivity contribution in [3.8, 4) is 0 Å². The third-order valence-electron chi connectivity index (χ3n) is 3.85. The molecule has 1 saturated heterocycles. The minimum Gasteiger partial charge on any atom is -0.409 e. The van der Waals surface area contributed by atoms with Gasteiger partial charge in [0.1, 0.15) is 0 Å². The Labute approximate surface area is 91.1 Å². The fraction of sp³-hybridized carbons (Fsp3) is 0.909. The average molecular weight is 211 g/mol. The maximum atomic E-state index is 8.58. The van der Waals surface area contributed by atoms with Crippen LogP contribution in [-0.2, 0) is 0 Å². The van der Waals surface area contributed by atoms with Crippen molar-refractivity contribution in [2.24, 2.45) is 16.8 Å². The monoisotopic (exact) mass is 211 g/mol. The van der Waals surface area contributed by atoms with Gasteiger partial charge in [0.05, 0.1) is 6.54 Å². The first-order valence-corrected chi connectivity index (χ1v) is 6.01. The van der Waals surface area contributed by atoms with Gasteiger partial charge in [0.25, 0.3) is 0 Å². The Hall–Kier alpha value is -0.770. The normalized spacial score (nSPS) is 30.1. The Morgan fingerprint density at radius 3 is 2.67 bits per heavy atom. The van der Waals surface area contributed by atoms with Crippen molar-refractivity contribution in [3.63, 3.8) is 0 Å². The molecular weight excluding hydrogens is 190 g/mol. The summed E-state index contributed by atoms with van der Waals surface area (Å²) in [5, 5.41) is 11.6. The van der Waals surface area contributed by atoms with Crippen LogP contribution in [0.1, 0.15) is 38.5 Å². The maximum absolute atomic E-state index is 8.58. The van der Waals surface area contributed by atoms with E-state index in [2.05, 4.69) is 10.1 Å². The SMILES string of the molecule is NC(CN1CCCC1C1CCCC1)=NO. The van der Waals surface area contributed by atoms with Crippen LogP contribution in [0.4, 0.5) is 0 Å². The quantitative estimate of drug-likeness (QED) is 0.321. The predicted octanol–water partition coefficient (Wildman–Crippen LogP) is 1.39. The summed E-state index contributed by atoms with van der Waals surface area (Å²) in [7, 11) is 0. The molecular formula is C11H21N3O. The molecule has 0 aromatic heterocycles. The molecule has 1 aliphatic carbocycles. The molecule has 0 aromatic rings. The van der Waals surface area contributed by atoms with Crippen LogP contribution in [0.3, 0.4) is 0 Å². The zero-order chi connectivity index (χ0) is 10.7. The molecule has 86 valence electrons. The summed E-state index contributed by atoms with van der Waals surface area (Å²) >= 11 is 0. The molecule has 1 unspecified atom stereocenters. The van der Waals surface area contributed by atoms with Crippen molar-refractivity contribution in [3.05, 3.63) is 0 Å². The van der Waals surface area contributed by atoms with Gasteiger partial charge < -0.3 is 10.9 Å². The summed E-state index contributed by atoms with van der Waals surface area (Å²) in [6.07, 6.45) is 8.08. The smallest absolute Gasteiger partial charge is 0.153 e.